The smallest absolute Gasteiger partial charge is 0.148 e. The van der Waals surface area contributed by atoms with E-state index in [1.54, 1.807) is 0 Å². The van der Waals surface area contributed by atoms with Gasteiger partial charge in [0.1, 0.15) is 23.4 Å². The van der Waals surface area contributed by atoms with Crippen molar-refractivity contribution in [3.05, 3.63) is 12.3 Å². The Bertz CT molecular complexity index is 239. The number of hydrogen-bond acceptors (Lipinski definition) is 3. The van der Waals surface area contributed by atoms with Crippen molar-refractivity contribution in [3.63, 3.8) is 0 Å². The molecule has 3 rings (SSSR count). The van der Waals surface area contributed by atoms with Gasteiger partial charge in [0.2, 0.25) is 0 Å². The number of hydrogen-bond donors (Lipinski definition) is 0. The van der Waals surface area contributed by atoms with Gasteiger partial charge in [-0.2, -0.15) is 0 Å². The molecule has 3 heterocycles. The van der Waals surface area contributed by atoms with Crippen LogP contribution in [0.2, 0.25) is 0 Å². The van der Waals surface area contributed by atoms with E-state index in [2.05, 4.69) is 15.0 Å². The maximum atomic E-state index is 4.01. The number of nitrogens with zero attached hydrogens (tertiary/aromatic N) is 3. The fraction of sp³-hybridized carbons (Fsp3) is 0. The van der Waals surface area contributed by atoms with E-state index in [0.29, 0.717) is 0 Å². The molecule has 3 heteroatoms. The minimum atomic E-state index is 0.833. The third-order valence-corrected chi connectivity index (χ3v) is 1.41. The molecule has 0 aliphatic carbocycles. The van der Waals surface area contributed by atoms with Crippen molar-refractivity contribution in [2.75, 3.05) is 0 Å². The van der Waals surface area contributed by atoms with Gasteiger partial charge in [0.25, 0.3) is 0 Å². The Balaban J connectivity index is 2.50. The highest BCUT2D eigenvalue weighted by molar-refractivity contribution is 6.46. The first kappa shape index (κ1) is 3.12. The average Bonchev–Trinajstić information content (AvgIpc) is 2.23. The predicted molar refractivity (Wildman–Crippen MR) is 29.8 cm³/mol. The Labute approximate surface area is 45.9 Å². The Morgan fingerprint density at radius 1 is 1.00 bits per heavy atom. The summed E-state index contributed by atoms with van der Waals surface area (Å²) in [7, 11) is 0. The lowest BCUT2D eigenvalue weighted by atomic mass is 10.0. The summed E-state index contributed by atoms with van der Waals surface area (Å²) >= 11 is 0. The van der Waals surface area contributed by atoms with Crippen LogP contribution in [-0.4, -0.2) is 17.5 Å². The summed E-state index contributed by atoms with van der Waals surface area (Å²) in [5.41, 5.74) is 0. The lowest BCUT2D eigenvalue weighted by molar-refractivity contribution is 1.36. The first-order valence-electron chi connectivity index (χ1n) is 2.42. The zero-order valence-corrected chi connectivity index (χ0v) is 3.92. The molecule has 0 saturated carbocycles. The number of amidine groups is 3. The monoisotopic (exact) mass is 103 g/mol. The molecular weight excluding hydrogens is 102 g/mol. The van der Waals surface area contributed by atoms with Crippen LogP contribution in [0.15, 0.2) is 15.0 Å². The summed E-state index contributed by atoms with van der Waals surface area (Å²) in [6.45, 7) is 0. The molecule has 3 nitrogen and oxygen atoms in total. The lowest BCUT2D eigenvalue weighted by Gasteiger charge is -2.14. The zero-order valence-electron chi connectivity index (χ0n) is 3.92. The number of fused-ring (bicyclic) bond motifs is 1. The van der Waals surface area contributed by atoms with Crippen molar-refractivity contribution in [1.29, 1.82) is 0 Å². The Hall–Kier alpha value is -0.990. The second-order valence-electron chi connectivity index (χ2n) is 1.90. The molecule has 0 unspecified atom stereocenters. The van der Waals surface area contributed by atoms with E-state index in [-0.39, 0.29) is 0 Å². The molecule has 0 atom stereocenters. The molecule has 0 spiro atoms. The number of rotatable bonds is 0. The van der Waals surface area contributed by atoms with E-state index < -0.39 is 0 Å². The highest BCUT2D eigenvalue weighted by Gasteiger charge is 2.44. The Kier molecular flexibility index (Phi) is 0.261. The molecule has 3 aliphatic heterocycles. The topological polar surface area (TPSA) is 37.1 Å². The van der Waals surface area contributed by atoms with Gasteiger partial charge in [-0.1, -0.05) is 0 Å². The molecule has 0 aromatic heterocycles. The van der Waals surface area contributed by atoms with Crippen LogP contribution in [0.4, 0.5) is 0 Å². The van der Waals surface area contributed by atoms with Crippen LogP contribution in [0.1, 0.15) is 0 Å². The molecular formula is C5HN3. The largest absolute Gasteiger partial charge is 0.216 e. The summed E-state index contributed by atoms with van der Waals surface area (Å²) in [5, 5.41) is 0. The molecule has 0 amide bonds. The highest BCUT2D eigenvalue weighted by Crippen LogP contribution is 2.34. The normalized spacial score (nSPS) is 29.2. The van der Waals surface area contributed by atoms with Crippen molar-refractivity contribution >= 4 is 17.5 Å². The second-order valence-corrected chi connectivity index (χ2v) is 1.90. The van der Waals surface area contributed by atoms with Crippen molar-refractivity contribution in [1.82, 2.24) is 0 Å². The van der Waals surface area contributed by atoms with Crippen LogP contribution in [-0.2, 0) is 0 Å². The van der Waals surface area contributed by atoms with Gasteiger partial charge >= 0.3 is 0 Å². The predicted octanol–water partition coefficient (Wildman–Crippen LogP) is 0.00148. The first-order chi connectivity index (χ1) is 3.93. The third-order valence-electron chi connectivity index (χ3n) is 1.41. The van der Waals surface area contributed by atoms with E-state index in [9.17, 15) is 0 Å². The van der Waals surface area contributed by atoms with Gasteiger partial charge in [-0.05, 0) is 0 Å². The third kappa shape index (κ3) is 0.152. The standard InChI is InChI=1S/C5HN3/c1-2-4-6-3(1)7-5(2)8-4/h1H. The minimum Gasteiger partial charge on any atom is -0.216 e. The van der Waals surface area contributed by atoms with Crippen molar-refractivity contribution in [2.45, 2.75) is 0 Å². The molecule has 3 aliphatic rings. The van der Waals surface area contributed by atoms with Gasteiger partial charge in [-0.3, -0.25) is 0 Å². The zero-order chi connectivity index (χ0) is 5.14. The molecule has 0 N–H and O–H groups in total. The second kappa shape index (κ2) is 0.670. The maximum Gasteiger partial charge on any atom is 0.148 e. The van der Waals surface area contributed by atoms with Crippen LogP contribution in [0.3, 0.4) is 0 Å². The molecule has 0 saturated heterocycles. The summed E-state index contributed by atoms with van der Waals surface area (Å²) < 4.78 is 0. The van der Waals surface area contributed by atoms with Crippen molar-refractivity contribution in [3.8, 4) is 0 Å². The lowest BCUT2D eigenvalue weighted by Crippen LogP contribution is -2.25. The molecule has 2 bridgehead atoms. The van der Waals surface area contributed by atoms with Crippen molar-refractivity contribution in [2.24, 2.45) is 15.0 Å². The van der Waals surface area contributed by atoms with Crippen LogP contribution >= 0.6 is 0 Å². The first-order valence-corrected chi connectivity index (χ1v) is 2.42. The molecule has 0 fully saturated rings. The summed E-state index contributed by atoms with van der Waals surface area (Å²) in [6, 6.07) is 0. The molecule has 0 aromatic rings. The van der Waals surface area contributed by atoms with Gasteiger partial charge in [0.05, 0.1) is 6.42 Å². The van der Waals surface area contributed by atoms with Crippen LogP contribution in [0.5, 0.6) is 0 Å². The van der Waals surface area contributed by atoms with Crippen molar-refractivity contribution < 1.29 is 0 Å². The molecule has 2 radical (unpaired) electrons. The minimum absolute atomic E-state index is 0.833. The summed E-state index contributed by atoms with van der Waals surface area (Å²) in [5.74, 6) is 3.73. The SMILES string of the molecule is [CH]1[C]2C3=NC1=NC2=N3. The fourth-order valence-electron chi connectivity index (χ4n) is 1.00. The quantitative estimate of drug-likeness (QED) is 0.414. The van der Waals surface area contributed by atoms with Gasteiger partial charge in [-0.25, -0.2) is 15.0 Å². The Morgan fingerprint density at radius 3 is 2.12 bits per heavy atom. The van der Waals surface area contributed by atoms with Gasteiger partial charge in [0, 0.05) is 0 Å². The summed E-state index contributed by atoms with van der Waals surface area (Å²) in [4.78, 5) is 12.0. The summed E-state index contributed by atoms with van der Waals surface area (Å²) in [6.07, 6.45) is 1.96. The van der Waals surface area contributed by atoms with Crippen LogP contribution in [0.25, 0.3) is 0 Å². The highest BCUT2D eigenvalue weighted by atomic mass is 15.2. The number of aliphatic imine (C=N–C) groups is 3. The van der Waals surface area contributed by atoms with Gasteiger partial charge in [0.15, 0.2) is 0 Å². The van der Waals surface area contributed by atoms with E-state index >= 15 is 0 Å². The molecule has 8 heavy (non-hydrogen) atoms. The molecule has 36 valence electrons. The fourth-order valence-corrected chi connectivity index (χ4v) is 1.00. The van der Waals surface area contributed by atoms with E-state index in [0.717, 1.165) is 23.4 Å². The van der Waals surface area contributed by atoms with Gasteiger partial charge < -0.3 is 0 Å². The van der Waals surface area contributed by atoms with E-state index in [1.807, 2.05) is 6.42 Å². The molecule has 0 aromatic carbocycles. The van der Waals surface area contributed by atoms with Gasteiger partial charge in [-0.15, -0.1) is 0 Å². The average molecular weight is 103 g/mol. The van der Waals surface area contributed by atoms with Crippen LogP contribution < -0.4 is 0 Å². The maximum absolute atomic E-state index is 4.01. The van der Waals surface area contributed by atoms with E-state index in [4.69, 9.17) is 0 Å². The Morgan fingerprint density at radius 2 is 1.88 bits per heavy atom. The van der Waals surface area contributed by atoms with Crippen LogP contribution in [0, 0.1) is 12.3 Å². The van der Waals surface area contributed by atoms with E-state index in [1.165, 1.54) is 0 Å².